The van der Waals surface area contributed by atoms with Crippen LogP contribution < -0.4 is 0 Å². The van der Waals surface area contributed by atoms with Crippen molar-refractivity contribution < 1.29 is 0 Å². The molecule has 0 saturated heterocycles. The summed E-state index contributed by atoms with van der Waals surface area (Å²) in [5.41, 5.74) is 2.35. The zero-order valence-electron chi connectivity index (χ0n) is 6.56. The molecule has 0 aromatic carbocycles. The summed E-state index contributed by atoms with van der Waals surface area (Å²) >= 11 is 0. The Morgan fingerprint density at radius 3 is 2.90 bits per heavy atom. The molecular formula is C10H14. The third-order valence-electron chi connectivity index (χ3n) is 2.14. The Balaban J connectivity index is 2.50. The van der Waals surface area contributed by atoms with Gasteiger partial charge in [-0.25, -0.2) is 0 Å². The Hall–Kier alpha value is -0.520. The molecule has 1 atom stereocenters. The zero-order chi connectivity index (χ0) is 7.56. The molecule has 0 unspecified atom stereocenters. The van der Waals surface area contributed by atoms with E-state index in [2.05, 4.69) is 19.6 Å². The minimum Gasteiger partial charge on any atom is -0.0998 e. The number of allylic oxidation sites excluding steroid dienone is 3. The second kappa shape index (κ2) is 3.05. The SMILES string of the molecule is [CH]C1=CC[C@@H](C(=C)C)CC1. The van der Waals surface area contributed by atoms with E-state index >= 15 is 0 Å². The molecule has 0 heterocycles. The molecule has 0 bridgehead atoms. The lowest BCUT2D eigenvalue weighted by molar-refractivity contribution is 0.545. The third-order valence-corrected chi connectivity index (χ3v) is 2.14. The summed E-state index contributed by atoms with van der Waals surface area (Å²) in [6.07, 6.45) is 5.47. The van der Waals surface area contributed by atoms with Gasteiger partial charge in [0.05, 0.1) is 0 Å². The van der Waals surface area contributed by atoms with E-state index < -0.39 is 0 Å². The highest BCUT2D eigenvalue weighted by Gasteiger charge is 2.11. The highest BCUT2D eigenvalue weighted by molar-refractivity contribution is 5.13. The first-order chi connectivity index (χ1) is 4.70. The van der Waals surface area contributed by atoms with Crippen LogP contribution in [-0.4, -0.2) is 0 Å². The lowest BCUT2D eigenvalue weighted by atomic mass is 9.86. The van der Waals surface area contributed by atoms with Gasteiger partial charge in [-0.2, -0.15) is 0 Å². The summed E-state index contributed by atoms with van der Waals surface area (Å²) in [6, 6.07) is 0. The fourth-order valence-corrected chi connectivity index (χ4v) is 1.30. The van der Waals surface area contributed by atoms with Crippen molar-refractivity contribution >= 4 is 0 Å². The van der Waals surface area contributed by atoms with Crippen molar-refractivity contribution in [3.8, 4) is 0 Å². The van der Waals surface area contributed by atoms with Crippen LogP contribution in [0.4, 0.5) is 0 Å². The molecule has 54 valence electrons. The van der Waals surface area contributed by atoms with Crippen LogP contribution >= 0.6 is 0 Å². The van der Waals surface area contributed by atoms with Crippen LogP contribution in [0.5, 0.6) is 0 Å². The van der Waals surface area contributed by atoms with Crippen LogP contribution in [-0.2, 0) is 0 Å². The fraction of sp³-hybridized carbons (Fsp3) is 0.500. The topological polar surface area (TPSA) is 0 Å². The van der Waals surface area contributed by atoms with E-state index in [-0.39, 0.29) is 0 Å². The van der Waals surface area contributed by atoms with Crippen molar-refractivity contribution in [2.24, 2.45) is 5.92 Å². The Morgan fingerprint density at radius 2 is 2.50 bits per heavy atom. The average molecular weight is 134 g/mol. The first-order valence-electron chi connectivity index (χ1n) is 3.80. The van der Waals surface area contributed by atoms with Gasteiger partial charge >= 0.3 is 0 Å². The van der Waals surface area contributed by atoms with Gasteiger partial charge < -0.3 is 0 Å². The second-order valence-corrected chi connectivity index (χ2v) is 3.10. The first kappa shape index (κ1) is 7.59. The number of hydrogen-bond acceptors (Lipinski definition) is 0. The summed E-state index contributed by atoms with van der Waals surface area (Å²) in [7, 11) is 0. The minimum absolute atomic E-state index is 0.687. The van der Waals surface area contributed by atoms with Crippen molar-refractivity contribution in [1.82, 2.24) is 0 Å². The van der Waals surface area contributed by atoms with Crippen LogP contribution in [0.3, 0.4) is 0 Å². The summed E-state index contributed by atoms with van der Waals surface area (Å²) in [5, 5.41) is 0. The van der Waals surface area contributed by atoms with Gasteiger partial charge in [0.1, 0.15) is 0 Å². The Labute approximate surface area is 63.6 Å². The van der Waals surface area contributed by atoms with E-state index in [0.717, 1.165) is 18.4 Å². The second-order valence-electron chi connectivity index (χ2n) is 3.10. The molecule has 0 N–H and O–H groups in total. The molecule has 0 fully saturated rings. The van der Waals surface area contributed by atoms with E-state index in [1.165, 1.54) is 12.0 Å². The first-order valence-corrected chi connectivity index (χ1v) is 3.80. The summed E-state index contributed by atoms with van der Waals surface area (Å²) in [4.78, 5) is 0. The highest BCUT2D eigenvalue weighted by Crippen LogP contribution is 2.27. The van der Waals surface area contributed by atoms with Gasteiger partial charge in [-0.1, -0.05) is 23.8 Å². The lowest BCUT2D eigenvalue weighted by Crippen LogP contribution is -2.04. The molecular weight excluding hydrogens is 120 g/mol. The fourth-order valence-electron chi connectivity index (χ4n) is 1.30. The molecule has 2 radical (unpaired) electrons. The zero-order valence-corrected chi connectivity index (χ0v) is 6.56. The molecule has 0 nitrogen and oxygen atoms in total. The maximum absolute atomic E-state index is 5.63. The monoisotopic (exact) mass is 134 g/mol. The molecule has 1 rings (SSSR count). The third kappa shape index (κ3) is 1.73. The van der Waals surface area contributed by atoms with Gasteiger partial charge in [-0.05, 0) is 39.0 Å². The predicted molar refractivity (Wildman–Crippen MR) is 44.5 cm³/mol. The smallest absolute Gasteiger partial charge is 0.00600 e. The van der Waals surface area contributed by atoms with Crippen molar-refractivity contribution in [2.75, 3.05) is 0 Å². The van der Waals surface area contributed by atoms with Crippen molar-refractivity contribution in [3.05, 3.63) is 30.7 Å². The molecule has 0 aliphatic heterocycles. The molecule has 0 aromatic rings. The van der Waals surface area contributed by atoms with Crippen LogP contribution in [0.25, 0.3) is 0 Å². The Kier molecular flexibility index (Phi) is 2.31. The van der Waals surface area contributed by atoms with E-state index in [9.17, 15) is 0 Å². The Bertz CT molecular complexity index is 163. The largest absolute Gasteiger partial charge is 0.0998 e. The molecule has 1 aliphatic carbocycles. The normalized spacial score (nSPS) is 25.8. The number of rotatable bonds is 1. The molecule has 10 heavy (non-hydrogen) atoms. The molecule has 0 aromatic heterocycles. The van der Waals surface area contributed by atoms with Gasteiger partial charge in [0, 0.05) is 0 Å². The van der Waals surface area contributed by atoms with E-state index in [1.54, 1.807) is 0 Å². The highest BCUT2D eigenvalue weighted by atomic mass is 14.2. The summed E-state index contributed by atoms with van der Waals surface area (Å²) in [6.45, 7) is 11.7. The lowest BCUT2D eigenvalue weighted by Gasteiger charge is -2.19. The van der Waals surface area contributed by atoms with E-state index in [0.29, 0.717) is 5.92 Å². The van der Waals surface area contributed by atoms with Gasteiger partial charge in [-0.15, -0.1) is 0 Å². The van der Waals surface area contributed by atoms with Gasteiger partial charge in [0.25, 0.3) is 0 Å². The van der Waals surface area contributed by atoms with Crippen LogP contribution in [0.2, 0.25) is 0 Å². The van der Waals surface area contributed by atoms with Crippen molar-refractivity contribution in [3.63, 3.8) is 0 Å². The standard InChI is InChI=1S/C10H14/c1-8(2)10-6-4-9(3)5-7-10/h3-4,10H,1,5-7H2,2H3/t10-/m1/s1. The predicted octanol–water partition coefficient (Wildman–Crippen LogP) is 3.00. The van der Waals surface area contributed by atoms with Gasteiger partial charge in [0.15, 0.2) is 0 Å². The van der Waals surface area contributed by atoms with E-state index in [4.69, 9.17) is 6.92 Å². The summed E-state index contributed by atoms with van der Waals surface area (Å²) in [5.74, 6) is 0.687. The minimum atomic E-state index is 0.687. The molecule has 0 spiro atoms. The maximum Gasteiger partial charge on any atom is -0.00600 e. The Morgan fingerprint density at radius 1 is 1.80 bits per heavy atom. The van der Waals surface area contributed by atoms with Gasteiger partial charge in [0.2, 0.25) is 0 Å². The van der Waals surface area contributed by atoms with Crippen molar-refractivity contribution in [1.29, 1.82) is 0 Å². The van der Waals surface area contributed by atoms with Crippen LogP contribution in [0.15, 0.2) is 23.8 Å². The molecule has 0 heteroatoms. The van der Waals surface area contributed by atoms with Crippen molar-refractivity contribution in [2.45, 2.75) is 26.2 Å². The maximum atomic E-state index is 5.63. The van der Waals surface area contributed by atoms with E-state index in [1.807, 2.05) is 0 Å². The number of hydrogen-bond donors (Lipinski definition) is 0. The van der Waals surface area contributed by atoms with Crippen LogP contribution in [0, 0.1) is 12.8 Å². The molecule has 1 aliphatic rings. The van der Waals surface area contributed by atoms with Gasteiger partial charge in [-0.3, -0.25) is 0 Å². The quantitative estimate of drug-likeness (QED) is 0.483. The van der Waals surface area contributed by atoms with Crippen LogP contribution in [0.1, 0.15) is 26.2 Å². The molecule has 0 saturated carbocycles. The average Bonchev–Trinajstić information content (AvgIpc) is 1.88. The molecule has 0 amide bonds. The summed E-state index contributed by atoms with van der Waals surface area (Å²) < 4.78 is 0.